The van der Waals surface area contributed by atoms with Gasteiger partial charge in [0.2, 0.25) is 5.72 Å². The van der Waals surface area contributed by atoms with E-state index in [1.807, 2.05) is 0 Å². The van der Waals surface area contributed by atoms with Crippen LogP contribution in [0.2, 0.25) is 0 Å². The Morgan fingerprint density at radius 1 is 1.29 bits per heavy atom. The van der Waals surface area contributed by atoms with Crippen LogP contribution in [-0.4, -0.2) is 42.6 Å². The Bertz CT molecular complexity index is 621. The maximum Gasteiger partial charge on any atom is 0.202 e. The fraction of sp³-hybridized carbons (Fsp3) is 0.562. The molecule has 5 heterocycles. The highest BCUT2D eigenvalue weighted by Gasteiger charge is 2.51. The van der Waals surface area contributed by atoms with E-state index >= 15 is 0 Å². The molecule has 5 aliphatic heterocycles. The fourth-order valence-electron chi connectivity index (χ4n) is 4.26. The zero-order chi connectivity index (χ0) is 13.9. The molecule has 3 saturated heterocycles. The van der Waals surface area contributed by atoms with Crippen LogP contribution in [0.25, 0.3) is 0 Å². The van der Waals surface area contributed by atoms with Crippen LogP contribution >= 0.6 is 0 Å². The number of nitrogens with zero attached hydrogens (tertiary/aromatic N) is 2. The third-order valence-corrected chi connectivity index (χ3v) is 5.40. The lowest BCUT2D eigenvalue weighted by atomic mass is 9.81. The van der Waals surface area contributed by atoms with Crippen molar-refractivity contribution < 1.29 is 4.84 Å². The van der Waals surface area contributed by atoms with Gasteiger partial charge in [0.25, 0.3) is 0 Å². The van der Waals surface area contributed by atoms with Gasteiger partial charge in [0, 0.05) is 23.7 Å². The maximum atomic E-state index is 6.02. The van der Waals surface area contributed by atoms with E-state index in [0.29, 0.717) is 5.92 Å². The Hall–Kier alpha value is -1.59. The van der Waals surface area contributed by atoms with Crippen LogP contribution in [0.15, 0.2) is 23.2 Å². The number of hydrogen-bond acceptors (Lipinski definition) is 5. The van der Waals surface area contributed by atoms with Crippen molar-refractivity contribution in [3.05, 3.63) is 29.3 Å². The minimum atomic E-state index is -0.354. The number of amidine groups is 1. The van der Waals surface area contributed by atoms with E-state index in [0.717, 1.165) is 30.9 Å². The van der Waals surface area contributed by atoms with Gasteiger partial charge in [0.15, 0.2) is 5.84 Å². The second-order valence-corrected chi connectivity index (χ2v) is 6.58. The molecular formula is C16H20N4O. The summed E-state index contributed by atoms with van der Waals surface area (Å²) in [5, 5.41) is 3.48. The standard InChI is InChI=1S/C16H20N4O/c1-2-11-4-7-17-14(11)13(3-1)15-18-16(21-19-15)10-20-8-5-12(16)6-9-20/h1-3,12,17H,4-10H2,(H,18,19). The summed E-state index contributed by atoms with van der Waals surface area (Å²) in [6.07, 6.45) is 3.49. The number of nitrogens with one attached hydrogen (secondary N) is 2. The van der Waals surface area contributed by atoms with Crippen molar-refractivity contribution in [1.82, 2.24) is 10.4 Å². The molecule has 0 saturated carbocycles. The molecule has 5 heteroatoms. The summed E-state index contributed by atoms with van der Waals surface area (Å²) in [5.41, 5.74) is 6.54. The van der Waals surface area contributed by atoms with Crippen LogP contribution in [0.1, 0.15) is 24.0 Å². The average molecular weight is 284 g/mol. The largest absolute Gasteiger partial charge is 0.384 e. The molecule has 5 nitrogen and oxygen atoms in total. The number of fused-ring (bicyclic) bond motifs is 3. The summed E-state index contributed by atoms with van der Waals surface area (Å²) >= 11 is 0. The topological polar surface area (TPSA) is 48.9 Å². The van der Waals surface area contributed by atoms with Crippen LogP contribution in [0.3, 0.4) is 0 Å². The predicted molar refractivity (Wildman–Crippen MR) is 81.3 cm³/mol. The Balaban J connectivity index is 1.54. The number of hydroxylamine groups is 1. The summed E-state index contributed by atoms with van der Waals surface area (Å²) in [5.74, 6) is 1.45. The lowest BCUT2D eigenvalue weighted by Crippen LogP contribution is -2.58. The van der Waals surface area contributed by atoms with Crippen LogP contribution in [0.4, 0.5) is 5.69 Å². The monoisotopic (exact) mass is 284 g/mol. The molecule has 0 aromatic heterocycles. The number of para-hydroxylation sites is 1. The number of aliphatic imine (C=N–C) groups is 1. The first-order valence-electron chi connectivity index (χ1n) is 7.96. The molecule has 6 rings (SSSR count). The molecule has 2 bridgehead atoms. The summed E-state index contributed by atoms with van der Waals surface area (Å²) < 4.78 is 0. The first-order valence-corrected chi connectivity index (χ1v) is 7.96. The number of benzene rings is 1. The lowest BCUT2D eigenvalue weighted by molar-refractivity contribution is -0.155. The Morgan fingerprint density at radius 2 is 2.19 bits per heavy atom. The molecule has 0 aliphatic carbocycles. The molecule has 1 aromatic rings. The van der Waals surface area contributed by atoms with E-state index < -0.39 is 0 Å². The van der Waals surface area contributed by atoms with Gasteiger partial charge in [-0.25, -0.2) is 15.3 Å². The highest BCUT2D eigenvalue weighted by atomic mass is 16.7. The third kappa shape index (κ3) is 1.67. The molecule has 0 amide bonds. The average Bonchev–Trinajstić information content (AvgIpc) is 3.15. The maximum absolute atomic E-state index is 6.02. The summed E-state index contributed by atoms with van der Waals surface area (Å²) in [4.78, 5) is 13.5. The molecule has 1 unspecified atom stereocenters. The highest BCUT2D eigenvalue weighted by Crippen LogP contribution is 2.41. The van der Waals surface area contributed by atoms with E-state index in [2.05, 4.69) is 33.9 Å². The molecule has 2 N–H and O–H groups in total. The van der Waals surface area contributed by atoms with Crippen LogP contribution < -0.4 is 10.8 Å². The van der Waals surface area contributed by atoms with E-state index in [-0.39, 0.29) is 5.72 Å². The Morgan fingerprint density at radius 3 is 3.00 bits per heavy atom. The Labute approximate surface area is 124 Å². The molecule has 1 spiro atoms. The molecule has 1 atom stereocenters. The first-order chi connectivity index (χ1) is 10.3. The van der Waals surface area contributed by atoms with Gasteiger partial charge in [-0.3, -0.25) is 4.90 Å². The molecule has 0 radical (unpaired) electrons. The number of hydrogen-bond donors (Lipinski definition) is 2. The third-order valence-electron chi connectivity index (χ3n) is 5.40. The van der Waals surface area contributed by atoms with Crippen molar-refractivity contribution >= 4 is 11.5 Å². The zero-order valence-electron chi connectivity index (χ0n) is 12.1. The van der Waals surface area contributed by atoms with Gasteiger partial charge in [-0.05, 0) is 44.0 Å². The van der Waals surface area contributed by atoms with Gasteiger partial charge in [-0.1, -0.05) is 12.1 Å². The molecule has 1 aromatic carbocycles. The van der Waals surface area contributed by atoms with Crippen molar-refractivity contribution in [2.45, 2.75) is 25.0 Å². The first kappa shape index (κ1) is 12.0. The van der Waals surface area contributed by atoms with Crippen LogP contribution in [-0.2, 0) is 11.3 Å². The molecule has 5 aliphatic rings. The predicted octanol–water partition coefficient (Wildman–Crippen LogP) is 1.36. The van der Waals surface area contributed by atoms with Crippen LogP contribution in [0.5, 0.6) is 0 Å². The summed E-state index contributed by atoms with van der Waals surface area (Å²) in [7, 11) is 0. The quantitative estimate of drug-likeness (QED) is 0.817. The number of rotatable bonds is 1. The van der Waals surface area contributed by atoms with Crippen molar-refractivity contribution in [2.75, 3.05) is 31.5 Å². The zero-order valence-corrected chi connectivity index (χ0v) is 12.1. The second kappa shape index (κ2) is 4.21. The van der Waals surface area contributed by atoms with Crippen molar-refractivity contribution in [2.24, 2.45) is 10.9 Å². The Kier molecular flexibility index (Phi) is 2.41. The van der Waals surface area contributed by atoms with E-state index in [9.17, 15) is 0 Å². The van der Waals surface area contributed by atoms with Crippen molar-refractivity contribution in [1.29, 1.82) is 0 Å². The minimum Gasteiger partial charge on any atom is -0.384 e. The molecule has 110 valence electrons. The van der Waals surface area contributed by atoms with Gasteiger partial charge < -0.3 is 5.32 Å². The summed E-state index contributed by atoms with van der Waals surface area (Å²) in [6.45, 7) is 4.34. The fourth-order valence-corrected chi connectivity index (χ4v) is 4.26. The second-order valence-electron chi connectivity index (χ2n) is 6.58. The summed E-state index contributed by atoms with van der Waals surface area (Å²) in [6, 6.07) is 6.44. The van der Waals surface area contributed by atoms with Crippen LogP contribution in [0, 0.1) is 5.92 Å². The lowest BCUT2D eigenvalue weighted by Gasteiger charge is -2.47. The molecular weight excluding hydrogens is 264 g/mol. The van der Waals surface area contributed by atoms with Gasteiger partial charge in [0.05, 0.1) is 6.54 Å². The molecule has 3 fully saturated rings. The van der Waals surface area contributed by atoms with Gasteiger partial charge in [-0.15, -0.1) is 0 Å². The normalized spacial score (nSPS) is 36.3. The molecule has 21 heavy (non-hydrogen) atoms. The van der Waals surface area contributed by atoms with Gasteiger partial charge >= 0.3 is 0 Å². The van der Waals surface area contributed by atoms with E-state index in [4.69, 9.17) is 9.83 Å². The van der Waals surface area contributed by atoms with E-state index in [1.54, 1.807) is 0 Å². The van der Waals surface area contributed by atoms with E-state index in [1.165, 1.54) is 37.2 Å². The minimum absolute atomic E-state index is 0.354. The SMILES string of the molecule is c1cc2c(c(C3=NC4(CN5CCC4CC5)ON3)c1)NCC2. The van der Waals surface area contributed by atoms with Crippen molar-refractivity contribution in [3.8, 4) is 0 Å². The number of piperidine rings is 3. The van der Waals surface area contributed by atoms with Crippen molar-refractivity contribution in [3.63, 3.8) is 0 Å². The van der Waals surface area contributed by atoms with Gasteiger partial charge in [0.1, 0.15) is 0 Å². The smallest absolute Gasteiger partial charge is 0.202 e. The number of anilines is 1. The van der Waals surface area contributed by atoms with Gasteiger partial charge in [-0.2, -0.15) is 0 Å². The highest BCUT2D eigenvalue weighted by molar-refractivity contribution is 6.04.